The lowest BCUT2D eigenvalue weighted by molar-refractivity contribution is -0.118. The molecule has 0 saturated heterocycles. The number of phenolic OH excluding ortho intramolecular Hbond substituents is 1. The van der Waals surface area contributed by atoms with Gasteiger partial charge in [0.05, 0.1) is 0 Å². The Labute approximate surface area is 177 Å². The van der Waals surface area contributed by atoms with E-state index in [1.165, 1.54) is 24.3 Å². The molecule has 1 atom stereocenters. The molecule has 3 rings (SSSR count). The number of nitrogens with one attached hydrogen (secondary N) is 2. The van der Waals surface area contributed by atoms with Gasteiger partial charge >= 0.3 is 5.97 Å². The van der Waals surface area contributed by atoms with Crippen molar-refractivity contribution in [1.82, 2.24) is 5.32 Å². The molecule has 0 spiro atoms. The summed E-state index contributed by atoms with van der Waals surface area (Å²) in [7, 11) is 0. The van der Waals surface area contributed by atoms with Gasteiger partial charge in [0.25, 0.3) is 5.91 Å². The lowest BCUT2D eigenvalue weighted by atomic mass is 10.0. The van der Waals surface area contributed by atoms with Gasteiger partial charge in [-0.3, -0.25) is 9.59 Å². The lowest BCUT2D eigenvalue weighted by Gasteiger charge is -2.19. The number of carboxylic acid groups (broad SMARTS) is 1. The number of carbonyl (C=O) groups excluding carboxylic acids is 2. The number of aromatic carboxylic acids is 1. The van der Waals surface area contributed by atoms with Crippen LogP contribution in [-0.4, -0.2) is 39.1 Å². The van der Waals surface area contributed by atoms with Crippen LogP contribution >= 0.6 is 0 Å². The van der Waals surface area contributed by atoms with Crippen molar-refractivity contribution in [1.29, 1.82) is 0 Å². The van der Waals surface area contributed by atoms with Gasteiger partial charge in [-0.15, -0.1) is 0 Å². The molecule has 0 saturated carbocycles. The molecule has 2 amide bonds. The Balaban J connectivity index is 1.81. The van der Waals surface area contributed by atoms with Crippen LogP contribution in [0.2, 0.25) is 0 Å². The summed E-state index contributed by atoms with van der Waals surface area (Å²) >= 11 is 0. The molecule has 0 fully saturated rings. The van der Waals surface area contributed by atoms with E-state index in [0.29, 0.717) is 11.1 Å². The molecule has 3 aromatic rings. The van der Waals surface area contributed by atoms with Gasteiger partial charge in [-0.25, -0.2) is 4.79 Å². The fraction of sp³-hybridized carbons (Fsp3) is 0.0870. The Morgan fingerprint density at radius 2 is 1.55 bits per heavy atom. The van der Waals surface area contributed by atoms with Crippen LogP contribution < -0.4 is 10.6 Å². The summed E-state index contributed by atoms with van der Waals surface area (Å²) < 4.78 is 0. The Hall–Kier alpha value is -4.33. The van der Waals surface area contributed by atoms with E-state index >= 15 is 0 Å². The van der Waals surface area contributed by atoms with Crippen LogP contribution in [-0.2, 0) is 11.2 Å². The molecule has 0 radical (unpaired) electrons. The van der Waals surface area contributed by atoms with E-state index < -0.39 is 29.6 Å². The summed E-state index contributed by atoms with van der Waals surface area (Å²) in [5.41, 5.74) is 0.970. The van der Waals surface area contributed by atoms with Gasteiger partial charge in [0.1, 0.15) is 23.1 Å². The summed E-state index contributed by atoms with van der Waals surface area (Å²) in [5.74, 6) is -2.71. The van der Waals surface area contributed by atoms with E-state index in [-0.39, 0.29) is 23.4 Å². The Morgan fingerprint density at radius 3 is 2.16 bits per heavy atom. The average molecular weight is 420 g/mol. The van der Waals surface area contributed by atoms with E-state index in [1.807, 2.05) is 0 Å². The molecular formula is C23H20N2O6. The lowest BCUT2D eigenvalue weighted by Crippen LogP contribution is -2.45. The maximum atomic E-state index is 12.9. The molecule has 158 valence electrons. The number of hydrogen-bond donors (Lipinski definition) is 5. The SMILES string of the molecule is O=C(N[C@@H](Cc1ccc(O)cc1)C(=O)Nc1ccc(C(=O)O)c(O)c1)c1ccccc1. The first kappa shape index (κ1) is 21.4. The van der Waals surface area contributed by atoms with E-state index in [9.17, 15) is 24.6 Å². The Morgan fingerprint density at radius 1 is 0.871 bits per heavy atom. The third kappa shape index (κ3) is 5.60. The van der Waals surface area contributed by atoms with Crippen LogP contribution in [0, 0.1) is 0 Å². The van der Waals surface area contributed by atoms with Crippen molar-refractivity contribution in [3.63, 3.8) is 0 Å². The van der Waals surface area contributed by atoms with Gasteiger partial charge in [0.15, 0.2) is 0 Å². The quantitative estimate of drug-likeness (QED) is 0.399. The van der Waals surface area contributed by atoms with Crippen LogP contribution in [0.25, 0.3) is 0 Å². The topological polar surface area (TPSA) is 136 Å². The third-order valence-electron chi connectivity index (χ3n) is 4.53. The molecule has 0 unspecified atom stereocenters. The third-order valence-corrected chi connectivity index (χ3v) is 4.53. The minimum Gasteiger partial charge on any atom is -0.508 e. The van der Waals surface area contributed by atoms with Crippen molar-refractivity contribution < 1.29 is 29.7 Å². The monoisotopic (exact) mass is 420 g/mol. The number of benzene rings is 3. The van der Waals surface area contributed by atoms with Crippen molar-refractivity contribution >= 4 is 23.5 Å². The normalized spacial score (nSPS) is 11.4. The Bertz CT molecular complexity index is 1100. The highest BCUT2D eigenvalue weighted by atomic mass is 16.4. The molecule has 0 heterocycles. The van der Waals surface area contributed by atoms with Gasteiger partial charge in [-0.2, -0.15) is 0 Å². The van der Waals surface area contributed by atoms with Crippen molar-refractivity contribution in [3.05, 3.63) is 89.5 Å². The van der Waals surface area contributed by atoms with Crippen molar-refractivity contribution in [2.45, 2.75) is 12.5 Å². The van der Waals surface area contributed by atoms with Crippen molar-refractivity contribution in [2.75, 3.05) is 5.32 Å². The fourth-order valence-corrected chi connectivity index (χ4v) is 2.93. The maximum Gasteiger partial charge on any atom is 0.339 e. The zero-order chi connectivity index (χ0) is 22.4. The average Bonchev–Trinajstić information content (AvgIpc) is 2.75. The molecule has 3 aromatic carbocycles. The number of aromatic hydroxyl groups is 2. The van der Waals surface area contributed by atoms with Crippen LogP contribution in [0.1, 0.15) is 26.3 Å². The number of hydrogen-bond acceptors (Lipinski definition) is 5. The number of amides is 2. The fourth-order valence-electron chi connectivity index (χ4n) is 2.93. The predicted octanol–water partition coefficient (Wildman–Crippen LogP) is 2.78. The first-order chi connectivity index (χ1) is 14.8. The number of carboxylic acids is 1. The summed E-state index contributed by atoms with van der Waals surface area (Å²) in [5, 5.41) is 33.6. The zero-order valence-electron chi connectivity index (χ0n) is 16.3. The van der Waals surface area contributed by atoms with Gasteiger partial charge in [0.2, 0.25) is 5.91 Å². The van der Waals surface area contributed by atoms with Gasteiger partial charge in [0, 0.05) is 23.7 Å². The summed E-state index contributed by atoms with van der Waals surface area (Å²) in [4.78, 5) is 36.5. The smallest absolute Gasteiger partial charge is 0.339 e. The predicted molar refractivity (Wildman–Crippen MR) is 113 cm³/mol. The molecule has 0 aliphatic carbocycles. The highest BCUT2D eigenvalue weighted by molar-refractivity contribution is 6.01. The van der Waals surface area contributed by atoms with E-state index in [2.05, 4.69) is 10.6 Å². The van der Waals surface area contributed by atoms with E-state index in [4.69, 9.17) is 5.11 Å². The summed E-state index contributed by atoms with van der Waals surface area (Å²) in [6.07, 6.45) is 0.143. The van der Waals surface area contributed by atoms with Gasteiger partial charge in [-0.1, -0.05) is 30.3 Å². The molecule has 0 aromatic heterocycles. The second-order valence-corrected chi connectivity index (χ2v) is 6.79. The number of rotatable bonds is 7. The molecule has 8 heteroatoms. The standard InChI is InChI=1S/C23H20N2O6/c26-17-9-6-14(7-10-17)12-19(25-21(28)15-4-2-1-3-5-15)22(29)24-16-8-11-18(23(30)31)20(27)13-16/h1-11,13,19,26-27H,12H2,(H,24,29)(H,25,28)(H,30,31)/t19-/m0/s1. The molecule has 0 bridgehead atoms. The van der Waals surface area contributed by atoms with E-state index in [0.717, 1.165) is 6.07 Å². The van der Waals surface area contributed by atoms with Crippen molar-refractivity contribution in [3.8, 4) is 11.5 Å². The van der Waals surface area contributed by atoms with Crippen LogP contribution in [0.15, 0.2) is 72.8 Å². The van der Waals surface area contributed by atoms with E-state index in [1.54, 1.807) is 42.5 Å². The number of phenols is 2. The largest absolute Gasteiger partial charge is 0.508 e. The van der Waals surface area contributed by atoms with Crippen LogP contribution in [0.4, 0.5) is 5.69 Å². The summed E-state index contributed by atoms with van der Waals surface area (Å²) in [6, 6.07) is 17.3. The van der Waals surface area contributed by atoms with Gasteiger partial charge in [-0.05, 0) is 42.0 Å². The van der Waals surface area contributed by atoms with Crippen molar-refractivity contribution in [2.24, 2.45) is 0 Å². The molecule has 31 heavy (non-hydrogen) atoms. The minimum absolute atomic E-state index is 0.0760. The molecular weight excluding hydrogens is 400 g/mol. The van der Waals surface area contributed by atoms with Crippen LogP contribution in [0.5, 0.6) is 11.5 Å². The zero-order valence-corrected chi connectivity index (χ0v) is 16.3. The number of anilines is 1. The van der Waals surface area contributed by atoms with Crippen LogP contribution in [0.3, 0.4) is 0 Å². The Kier molecular flexibility index (Phi) is 6.51. The highest BCUT2D eigenvalue weighted by Crippen LogP contribution is 2.22. The summed E-state index contributed by atoms with van der Waals surface area (Å²) in [6.45, 7) is 0. The molecule has 0 aliphatic heterocycles. The first-order valence-corrected chi connectivity index (χ1v) is 9.34. The molecule has 0 aliphatic rings. The second-order valence-electron chi connectivity index (χ2n) is 6.79. The second kappa shape index (κ2) is 9.45. The number of carbonyl (C=O) groups is 3. The minimum atomic E-state index is -1.30. The molecule has 5 N–H and O–H groups in total. The highest BCUT2D eigenvalue weighted by Gasteiger charge is 2.23. The van der Waals surface area contributed by atoms with Gasteiger partial charge < -0.3 is 26.0 Å². The first-order valence-electron chi connectivity index (χ1n) is 9.34. The maximum absolute atomic E-state index is 12.9. The molecule has 8 nitrogen and oxygen atoms in total.